The van der Waals surface area contributed by atoms with Crippen LogP contribution in [-0.4, -0.2) is 54.4 Å². The molecular formula is C27H29N5O2. The van der Waals surface area contributed by atoms with Crippen molar-refractivity contribution in [2.45, 2.75) is 19.4 Å². The van der Waals surface area contributed by atoms with Gasteiger partial charge < -0.3 is 20.4 Å². The fraction of sp³-hybridized carbons (Fsp3) is 0.296. The van der Waals surface area contributed by atoms with E-state index < -0.39 is 0 Å². The average Bonchev–Trinajstić information content (AvgIpc) is 3.40. The molecule has 5 rings (SSSR count). The van der Waals surface area contributed by atoms with Crippen molar-refractivity contribution in [3.8, 4) is 11.1 Å². The van der Waals surface area contributed by atoms with Gasteiger partial charge in [-0.05, 0) is 55.3 Å². The Kier molecular flexibility index (Phi) is 6.53. The van der Waals surface area contributed by atoms with Crippen LogP contribution in [0.4, 0.5) is 11.5 Å². The summed E-state index contributed by atoms with van der Waals surface area (Å²) in [5.74, 6) is 0.655. The fourth-order valence-electron chi connectivity index (χ4n) is 4.53. The second-order valence-electron chi connectivity index (χ2n) is 8.79. The van der Waals surface area contributed by atoms with Crippen molar-refractivity contribution < 1.29 is 9.59 Å². The van der Waals surface area contributed by atoms with Gasteiger partial charge in [0.15, 0.2) is 5.82 Å². The predicted octanol–water partition coefficient (Wildman–Crippen LogP) is 3.53. The number of likely N-dealkylation sites (tertiary alicyclic amines) is 1. The van der Waals surface area contributed by atoms with Gasteiger partial charge in [0.25, 0.3) is 5.91 Å². The SMILES string of the molecule is O=C(NCCN1CCCC1)c1ccc(-c2cnc3c(c2)N(Cc2ccccc2)C(=O)CN3)cc1. The molecule has 34 heavy (non-hydrogen) atoms. The van der Waals surface area contributed by atoms with Gasteiger partial charge in [-0.15, -0.1) is 0 Å². The Bertz CT molecular complexity index is 1160. The highest BCUT2D eigenvalue weighted by Gasteiger charge is 2.25. The lowest BCUT2D eigenvalue weighted by Gasteiger charge is -2.30. The minimum absolute atomic E-state index is 0.0104. The fourth-order valence-corrected chi connectivity index (χ4v) is 4.53. The van der Waals surface area contributed by atoms with Crippen molar-refractivity contribution in [1.82, 2.24) is 15.2 Å². The van der Waals surface area contributed by atoms with Gasteiger partial charge in [-0.1, -0.05) is 42.5 Å². The Labute approximate surface area is 199 Å². The first-order valence-electron chi connectivity index (χ1n) is 11.9. The third-order valence-corrected chi connectivity index (χ3v) is 6.44. The van der Waals surface area contributed by atoms with Gasteiger partial charge in [0.1, 0.15) is 0 Å². The van der Waals surface area contributed by atoms with Gasteiger partial charge in [0, 0.05) is 30.4 Å². The van der Waals surface area contributed by atoms with Crippen LogP contribution < -0.4 is 15.5 Å². The van der Waals surface area contributed by atoms with Crippen LogP contribution in [0.2, 0.25) is 0 Å². The lowest BCUT2D eigenvalue weighted by Crippen LogP contribution is -2.39. The van der Waals surface area contributed by atoms with Gasteiger partial charge in [0.05, 0.1) is 18.8 Å². The van der Waals surface area contributed by atoms with Crippen molar-refractivity contribution in [3.63, 3.8) is 0 Å². The molecular weight excluding hydrogens is 426 g/mol. The van der Waals surface area contributed by atoms with Crippen LogP contribution in [0, 0.1) is 0 Å². The van der Waals surface area contributed by atoms with E-state index >= 15 is 0 Å². The first kappa shape index (κ1) is 22.1. The molecule has 0 atom stereocenters. The summed E-state index contributed by atoms with van der Waals surface area (Å²) in [6, 6.07) is 19.5. The number of anilines is 2. The molecule has 0 saturated carbocycles. The summed E-state index contributed by atoms with van der Waals surface area (Å²) in [5.41, 5.74) is 4.31. The van der Waals surface area contributed by atoms with Crippen LogP contribution >= 0.6 is 0 Å². The Hall–Kier alpha value is -3.71. The molecule has 3 aromatic rings. The monoisotopic (exact) mass is 455 g/mol. The average molecular weight is 456 g/mol. The van der Waals surface area contributed by atoms with E-state index in [4.69, 9.17) is 0 Å². The van der Waals surface area contributed by atoms with Crippen LogP contribution in [-0.2, 0) is 11.3 Å². The van der Waals surface area contributed by atoms with Crippen molar-refractivity contribution >= 4 is 23.3 Å². The molecule has 7 nitrogen and oxygen atoms in total. The van der Waals surface area contributed by atoms with Crippen molar-refractivity contribution in [1.29, 1.82) is 0 Å². The lowest BCUT2D eigenvalue weighted by atomic mass is 10.0. The molecule has 3 heterocycles. The maximum absolute atomic E-state index is 12.7. The molecule has 0 aliphatic carbocycles. The molecule has 1 saturated heterocycles. The Morgan fingerprint density at radius 3 is 2.53 bits per heavy atom. The number of hydrogen-bond acceptors (Lipinski definition) is 5. The van der Waals surface area contributed by atoms with Gasteiger partial charge in [0.2, 0.25) is 5.91 Å². The van der Waals surface area contributed by atoms with Crippen molar-refractivity contribution in [2.75, 3.05) is 42.9 Å². The van der Waals surface area contributed by atoms with Gasteiger partial charge >= 0.3 is 0 Å². The number of nitrogens with zero attached hydrogens (tertiary/aromatic N) is 3. The zero-order valence-electron chi connectivity index (χ0n) is 19.2. The normalized spacial score (nSPS) is 15.6. The summed E-state index contributed by atoms with van der Waals surface area (Å²) in [6.07, 6.45) is 4.30. The molecule has 2 amide bonds. The second-order valence-corrected chi connectivity index (χ2v) is 8.79. The summed E-state index contributed by atoms with van der Waals surface area (Å²) in [5, 5.41) is 6.13. The van der Waals surface area contributed by atoms with Crippen molar-refractivity contribution in [2.24, 2.45) is 0 Å². The molecule has 1 aromatic heterocycles. The highest BCUT2D eigenvalue weighted by molar-refractivity contribution is 6.02. The third kappa shape index (κ3) is 4.94. The zero-order chi connectivity index (χ0) is 23.3. The largest absolute Gasteiger partial charge is 0.359 e. The zero-order valence-corrected chi connectivity index (χ0v) is 19.2. The molecule has 0 unspecified atom stereocenters. The second kappa shape index (κ2) is 10.1. The van der Waals surface area contributed by atoms with Crippen LogP contribution in [0.1, 0.15) is 28.8 Å². The van der Waals surface area contributed by atoms with E-state index in [-0.39, 0.29) is 18.4 Å². The molecule has 2 aromatic carbocycles. The summed E-state index contributed by atoms with van der Waals surface area (Å²) in [4.78, 5) is 33.9. The molecule has 0 spiro atoms. The van der Waals surface area contributed by atoms with Gasteiger partial charge in [-0.25, -0.2) is 4.98 Å². The minimum atomic E-state index is -0.0573. The number of aromatic nitrogens is 1. The summed E-state index contributed by atoms with van der Waals surface area (Å²) < 4.78 is 0. The maximum atomic E-state index is 12.7. The molecule has 0 bridgehead atoms. The third-order valence-electron chi connectivity index (χ3n) is 6.44. The van der Waals surface area contributed by atoms with Crippen LogP contribution in [0.3, 0.4) is 0 Å². The quantitative estimate of drug-likeness (QED) is 0.570. The molecule has 0 radical (unpaired) electrons. The van der Waals surface area contributed by atoms with E-state index in [9.17, 15) is 9.59 Å². The van der Waals surface area contributed by atoms with E-state index in [1.807, 2.05) is 60.7 Å². The minimum Gasteiger partial charge on any atom is -0.359 e. The van der Waals surface area contributed by atoms with Crippen LogP contribution in [0.15, 0.2) is 66.9 Å². The first-order valence-corrected chi connectivity index (χ1v) is 11.9. The summed E-state index contributed by atoms with van der Waals surface area (Å²) >= 11 is 0. The predicted molar refractivity (Wildman–Crippen MR) is 134 cm³/mol. The van der Waals surface area contributed by atoms with E-state index in [1.165, 1.54) is 12.8 Å². The van der Waals surface area contributed by atoms with Crippen molar-refractivity contribution in [3.05, 3.63) is 78.0 Å². The Balaban J connectivity index is 1.29. The number of nitrogens with one attached hydrogen (secondary N) is 2. The molecule has 2 aliphatic heterocycles. The number of fused-ring (bicyclic) bond motifs is 1. The van der Waals surface area contributed by atoms with E-state index in [0.29, 0.717) is 24.5 Å². The van der Waals surface area contributed by atoms with Crippen LogP contribution in [0.5, 0.6) is 0 Å². The molecule has 1 fully saturated rings. The Morgan fingerprint density at radius 2 is 1.76 bits per heavy atom. The molecule has 7 heteroatoms. The molecule has 2 aliphatic rings. The highest BCUT2D eigenvalue weighted by Crippen LogP contribution is 2.33. The topological polar surface area (TPSA) is 77.6 Å². The summed E-state index contributed by atoms with van der Waals surface area (Å²) in [7, 11) is 0. The first-order chi connectivity index (χ1) is 16.7. The highest BCUT2D eigenvalue weighted by atomic mass is 16.2. The molecule has 174 valence electrons. The number of amides is 2. The van der Waals surface area contributed by atoms with E-state index in [1.54, 1.807) is 11.1 Å². The number of rotatable bonds is 7. The number of carbonyl (C=O) groups is 2. The maximum Gasteiger partial charge on any atom is 0.251 e. The molecule has 2 N–H and O–H groups in total. The van der Waals surface area contributed by atoms with E-state index in [2.05, 4.69) is 20.5 Å². The van der Waals surface area contributed by atoms with Gasteiger partial charge in [-0.2, -0.15) is 0 Å². The van der Waals surface area contributed by atoms with E-state index in [0.717, 1.165) is 42.0 Å². The number of carbonyl (C=O) groups excluding carboxylic acids is 2. The van der Waals surface area contributed by atoms with Crippen LogP contribution in [0.25, 0.3) is 11.1 Å². The van der Waals surface area contributed by atoms with Gasteiger partial charge in [-0.3, -0.25) is 9.59 Å². The number of benzene rings is 2. The number of hydrogen-bond donors (Lipinski definition) is 2. The standard InChI is InChI=1S/C27H29N5O2/c33-25-18-30-26-24(32(25)19-20-6-2-1-3-7-20)16-23(17-29-26)21-8-10-22(11-9-21)27(34)28-12-15-31-13-4-5-14-31/h1-3,6-11,16-17H,4-5,12-15,18-19H2,(H,28,34)(H,29,30). The number of pyridine rings is 1. The lowest BCUT2D eigenvalue weighted by molar-refractivity contribution is -0.117. The summed E-state index contributed by atoms with van der Waals surface area (Å²) in [6.45, 7) is 4.54. The smallest absolute Gasteiger partial charge is 0.251 e. The Morgan fingerprint density at radius 1 is 1.00 bits per heavy atom.